The summed E-state index contributed by atoms with van der Waals surface area (Å²) < 4.78 is 89.2. The van der Waals surface area contributed by atoms with Gasteiger partial charge in [-0.2, -0.15) is 26.3 Å². The molecule has 1 rings (SSSR count). The quantitative estimate of drug-likeness (QED) is 0.513. The van der Waals surface area contributed by atoms with Crippen molar-refractivity contribution in [1.29, 1.82) is 0 Å². The summed E-state index contributed by atoms with van der Waals surface area (Å²) in [4.78, 5) is 11.0. The molecule has 0 atom stereocenters. The van der Waals surface area contributed by atoms with Crippen LogP contribution in [0.1, 0.15) is 22.8 Å². The third-order valence-corrected chi connectivity index (χ3v) is 2.61. The molecule has 0 aromatic heterocycles. The second-order valence-corrected chi connectivity index (χ2v) is 4.01. The molecule has 2 nitrogen and oxygen atoms in total. The van der Waals surface area contributed by atoms with Crippen molar-refractivity contribution >= 4 is 11.5 Å². The van der Waals surface area contributed by atoms with Crippen LogP contribution in [0.5, 0.6) is 0 Å². The van der Waals surface area contributed by atoms with Gasteiger partial charge in [0.2, 0.25) is 0 Å². The number of hydrogen-bond acceptors (Lipinski definition) is 2. The molecule has 0 heterocycles. The maximum absolute atomic E-state index is 13.8. The number of carbonyl (C=O) groups excluding carboxylic acids is 1. The van der Waals surface area contributed by atoms with Crippen LogP contribution in [0.4, 0.5) is 36.4 Å². The summed E-state index contributed by atoms with van der Waals surface area (Å²) in [6, 6.07) is 1.70. The highest BCUT2D eigenvalue weighted by atomic mass is 19.4. The first-order valence-electron chi connectivity index (χ1n) is 5.05. The van der Waals surface area contributed by atoms with E-state index in [2.05, 4.69) is 0 Å². The average molecular weight is 303 g/mol. The highest BCUT2D eigenvalue weighted by Gasteiger charge is 2.74. The largest absolute Gasteiger partial charge is 0.436 e. The van der Waals surface area contributed by atoms with Crippen molar-refractivity contribution in [3.8, 4) is 0 Å². The number of carbonyl (C=O) groups is 1. The van der Waals surface area contributed by atoms with Gasteiger partial charge in [-0.3, -0.25) is 4.79 Å². The Morgan fingerprint density at radius 2 is 1.45 bits per heavy atom. The van der Waals surface area contributed by atoms with E-state index in [-0.39, 0.29) is 6.07 Å². The summed E-state index contributed by atoms with van der Waals surface area (Å²) in [6.45, 7) is 0.913. The van der Waals surface area contributed by atoms with Gasteiger partial charge in [0.05, 0.1) is 0 Å². The fraction of sp³-hybridized carbons (Fsp3) is 0.364. The normalized spacial score (nSPS) is 13.4. The lowest BCUT2D eigenvalue weighted by molar-refractivity contribution is -0.348. The average Bonchev–Trinajstić information content (AvgIpc) is 2.25. The van der Waals surface area contributed by atoms with E-state index in [1.165, 1.54) is 0 Å². The zero-order valence-corrected chi connectivity index (χ0v) is 9.86. The maximum atomic E-state index is 13.8. The molecule has 0 aliphatic carbocycles. The molecule has 1 aromatic carbocycles. The lowest BCUT2D eigenvalue weighted by Gasteiger charge is -2.31. The van der Waals surface area contributed by atoms with E-state index in [9.17, 15) is 35.5 Å². The topological polar surface area (TPSA) is 43.1 Å². The van der Waals surface area contributed by atoms with Crippen LogP contribution in [0.25, 0.3) is 0 Å². The van der Waals surface area contributed by atoms with Gasteiger partial charge in [0.15, 0.2) is 5.78 Å². The van der Waals surface area contributed by atoms with Crippen LogP contribution in [-0.2, 0) is 5.67 Å². The lowest BCUT2D eigenvalue weighted by Crippen LogP contribution is -2.50. The third kappa shape index (κ3) is 2.44. The number of halogens is 7. The maximum Gasteiger partial charge on any atom is 0.436 e. The van der Waals surface area contributed by atoms with Crippen LogP contribution in [0.15, 0.2) is 18.2 Å². The smallest absolute Gasteiger partial charge is 0.398 e. The molecule has 0 radical (unpaired) electrons. The Bertz CT molecular complexity index is 519. The van der Waals surface area contributed by atoms with Gasteiger partial charge in [-0.15, -0.1) is 0 Å². The Hall–Kier alpha value is -1.80. The molecular weight excluding hydrogens is 295 g/mol. The molecule has 0 aliphatic heterocycles. The Kier molecular flexibility index (Phi) is 3.77. The number of Topliss-reactive ketones (excluding diaryl/α,β-unsaturated/α-hetero) is 1. The SMILES string of the molecule is CC(=O)c1ccc(N)c(C(F)(C(F)(F)F)C(F)(F)F)c1. The van der Waals surface area contributed by atoms with E-state index < -0.39 is 40.6 Å². The molecule has 2 N–H and O–H groups in total. The number of benzene rings is 1. The number of nitrogens with two attached hydrogens (primary N) is 1. The van der Waals surface area contributed by atoms with E-state index in [1.54, 1.807) is 0 Å². The Labute approximate surface area is 108 Å². The van der Waals surface area contributed by atoms with E-state index >= 15 is 0 Å². The fourth-order valence-corrected chi connectivity index (χ4v) is 1.54. The highest BCUT2D eigenvalue weighted by Crippen LogP contribution is 2.54. The zero-order valence-electron chi connectivity index (χ0n) is 9.86. The predicted octanol–water partition coefficient (Wildman–Crippen LogP) is 3.76. The number of anilines is 1. The third-order valence-electron chi connectivity index (χ3n) is 2.61. The van der Waals surface area contributed by atoms with Crippen molar-refractivity contribution in [3.05, 3.63) is 29.3 Å². The molecule has 9 heteroatoms. The van der Waals surface area contributed by atoms with Crippen molar-refractivity contribution in [2.24, 2.45) is 0 Å². The number of alkyl halides is 7. The van der Waals surface area contributed by atoms with Crippen LogP contribution >= 0.6 is 0 Å². The molecule has 0 saturated carbocycles. The van der Waals surface area contributed by atoms with Gasteiger partial charge in [0.1, 0.15) is 0 Å². The van der Waals surface area contributed by atoms with Crippen LogP contribution in [0, 0.1) is 0 Å². The minimum Gasteiger partial charge on any atom is -0.398 e. The second-order valence-electron chi connectivity index (χ2n) is 4.01. The van der Waals surface area contributed by atoms with E-state index in [0.29, 0.717) is 6.07 Å². The molecule has 0 aliphatic rings. The molecule has 0 fully saturated rings. The van der Waals surface area contributed by atoms with Crippen molar-refractivity contribution in [2.45, 2.75) is 24.9 Å². The van der Waals surface area contributed by atoms with Crippen molar-refractivity contribution in [1.82, 2.24) is 0 Å². The Balaban J connectivity index is 3.67. The van der Waals surface area contributed by atoms with Gasteiger partial charge in [0.25, 0.3) is 0 Å². The summed E-state index contributed by atoms with van der Waals surface area (Å²) in [6.07, 6.45) is -12.5. The minimum atomic E-state index is -6.27. The van der Waals surface area contributed by atoms with Gasteiger partial charge in [0, 0.05) is 16.8 Å². The number of nitrogen functional groups attached to an aromatic ring is 1. The molecule has 112 valence electrons. The lowest BCUT2D eigenvalue weighted by atomic mass is 9.90. The first kappa shape index (κ1) is 16.3. The van der Waals surface area contributed by atoms with E-state index in [0.717, 1.165) is 13.0 Å². The van der Waals surface area contributed by atoms with Crippen molar-refractivity contribution < 1.29 is 35.5 Å². The number of ketones is 1. The molecule has 20 heavy (non-hydrogen) atoms. The first-order valence-corrected chi connectivity index (χ1v) is 5.05. The van der Waals surface area contributed by atoms with Crippen LogP contribution in [-0.4, -0.2) is 18.1 Å². The summed E-state index contributed by atoms with van der Waals surface area (Å²) in [5, 5.41) is 0. The van der Waals surface area contributed by atoms with Gasteiger partial charge >= 0.3 is 18.0 Å². The zero-order chi connectivity index (χ0) is 15.9. The Morgan fingerprint density at radius 3 is 1.80 bits per heavy atom. The molecular formula is C11H8F7NO. The number of hydrogen-bond donors (Lipinski definition) is 1. The monoisotopic (exact) mass is 303 g/mol. The molecule has 1 aromatic rings. The predicted molar refractivity (Wildman–Crippen MR) is 55.8 cm³/mol. The van der Waals surface area contributed by atoms with Crippen LogP contribution in [0.2, 0.25) is 0 Å². The van der Waals surface area contributed by atoms with Gasteiger partial charge in [-0.25, -0.2) is 4.39 Å². The molecule has 0 unspecified atom stereocenters. The number of rotatable bonds is 2. The fourth-order valence-electron chi connectivity index (χ4n) is 1.54. The molecule has 0 bridgehead atoms. The summed E-state index contributed by atoms with van der Waals surface area (Å²) in [7, 11) is 0. The molecule has 0 spiro atoms. The Morgan fingerprint density at radius 1 is 1.00 bits per heavy atom. The standard InChI is InChI=1S/C11H8F7NO/c1-5(20)6-2-3-8(19)7(4-6)9(12,10(13,14)15)11(16,17)18/h2-4H,19H2,1H3. The summed E-state index contributed by atoms with van der Waals surface area (Å²) in [5.41, 5.74) is -4.03. The first-order chi connectivity index (χ1) is 8.82. The van der Waals surface area contributed by atoms with Crippen molar-refractivity contribution in [2.75, 3.05) is 5.73 Å². The van der Waals surface area contributed by atoms with Gasteiger partial charge in [-0.1, -0.05) is 0 Å². The molecule has 0 amide bonds. The van der Waals surface area contributed by atoms with Crippen LogP contribution < -0.4 is 5.73 Å². The summed E-state index contributed by atoms with van der Waals surface area (Å²) >= 11 is 0. The van der Waals surface area contributed by atoms with Gasteiger partial charge in [-0.05, 0) is 25.1 Å². The van der Waals surface area contributed by atoms with Crippen LogP contribution in [0.3, 0.4) is 0 Å². The highest BCUT2D eigenvalue weighted by molar-refractivity contribution is 5.94. The van der Waals surface area contributed by atoms with Gasteiger partial charge < -0.3 is 5.73 Å². The van der Waals surface area contributed by atoms with E-state index in [1.807, 2.05) is 0 Å². The molecule has 0 saturated heterocycles. The summed E-state index contributed by atoms with van der Waals surface area (Å²) in [5.74, 6) is -0.821. The minimum absolute atomic E-state index is 0.165. The van der Waals surface area contributed by atoms with Crippen molar-refractivity contribution in [3.63, 3.8) is 0 Å². The second kappa shape index (κ2) is 4.64. The van der Waals surface area contributed by atoms with E-state index in [4.69, 9.17) is 5.73 Å².